The van der Waals surface area contributed by atoms with Crippen molar-refractivity contribution in [2.24, 2.45) is 11.7 Å². The fourth-order valence-electron chi connectivity index (χ4n) is 12.0. The van der Waals surface area contributed by atoms with Gasteiger partial charge in [-0.15, -0.1) is 0 Å². The van der Waals surface area contributed by atoms with Crippen LogP contribution in [0.5, 0.6) is 0 Å². The molecule has 8 rings (SSSR count). The van der Waals surface area contributed by atoms with Crippen LogP contribution < -0.4 is 48.3 Å². The topological polar surface area (TPSA) is 476 Å². The van der Waals surface area contributed by atoms with E-state index in [9.17, 15) is 73.5 Å². The van der Waals surface area contributed by atoms with Crippen LogP contribution in [0.2, 0.25) is 0 Å². The van der Waals surface area contributed by atoms with Gasteiger partial charge in [0.25, 0.3) is 0 Å². The monoisotopic (exact) mass is 1240 g/mol. The van der Waals surface area contributed by atoms with Gasteiger partial charge in [-0.1, -0.05) is 50.2 Å². The number of carbonyl (C=O) groups excluding carboxylic acids is 11. The Morgan fingerprint density at radius 1 is 0.764 bits per heavy atom. The number of ether oxygens (including phenoxy) is 1. The molecule has 2 aromatic heterocycles. The average Bonchev–Trinajstić information content (AvgIpc) is 4.26. The van der Waals surface area contributed by atoms with Crippen molar-refractivity contribution >= 4 is 92.8 Å². The van der Waals surface area contributed by atoms with Crippen molar-refractivity contribution in [1.82, 2.24) is 62.3 Å². The number of nitrogens with one attached hydrogen (secondary N) is 10. The van der Waals surface area contributed by atoms with Gasteiger partial charge in [0, 0.05) is 65.0 Å². The number of nitrogens with two attached hydrogens (primary N) is 1. The van der Waals surface area contributed by atoms with E-state index < -0.39 is 193 Å². The minimum Gasteiger partial charge on any atom is -0.480 e. The summed E-state index contributed by atoms with van der Waals surface area (Å²) in [5, 5.41) is 74.2. The minimum absolute atomic E-state index is 0.0976. The zero-order chi connectivity index (χ0) is 64.9. The zero-order valence-corrected chi connectivity index (χ0v) is 49.3. The Morgan fingerprint density at radius 2 is 1.40 bits per heavy atom. The highest BCUT2D eigenvalue weighted by atomic mass is 16.5. The lowest BCUT2D eigenvalue weighted by molar-refractivity contribution is -0.167. The lowest BCUT2D eigenvalue weighted by Crippen LogP contribution is -2.68. The summed E-state index contributed by atoms with van der Waals surface area (Å²) in [4.78, 5) is 177. The molecule has 2 aromatic carbocycles. The predicted octanol–water partition coefficient (Wildman–Crippen LogP) is -5.02. The van der Waals surface area contributed by atoms with Crippen LogP contribution in [0.25, 0.3) is 21.8 Å². The van der Waals surface area contributed by atoms with Crippen molar-refractivity contribution in [3.63, 3.8) is 0 Å². The Hall–Kier alpha value is -9.04. The number of aliphatic hydroxyl groups excluding tert-OH is 4. The molecule has 0 radical (unpaired) electrons. The molecule has 31 nitrogen and oxygen atoms in total. The summed E-state index contributed by atoms with van der Waals surface area (Å²) in [7, 11) is 0. The zero-order valence-electron chi connectivity index (χ0n) is 49.3. The summed E-state index contributed by atoms with van der Waals surface area (Å²) < 4.78 is 5.82. The number of cyclic esters (lactones) is 1. The number of fused-ring (bicyclic) bond motifs is 4. The number of esters is 1. The molecule has 17 atom stereocenters. The largest absolute Gasteiger partial charge is 0.480 e. The van der Waals surface area contributed by atoms with E-state index in [1.807, 2.05) is 0 Å². The van der Waals surface area contributed by atoms with E-state index >= 15 is 9.59 Å². The molecule has 4 aliphatic heterocycles. The third-order valence-electron chi connectivity index (χ3n) is 17.0. The molecule has 6 heterocycles. The quantitative estimate of drug-likeness (QED) is 0.0591. The van der Waals surface area contributed by atoms with Gasteiger partial charge in [0.1, 0.15) is 66.5 Å². The first-order chi connectivity index (χ1) is 42.2. The number of aliphatic hydroxyl groups is 4. The maximum atomic E-state index is 15.2. The number of hydrogen-bond donors (Lipinski definition) is 16. The Balaban J connectivity index is 1.16. The summed E-state index contributed by atoms with van der Waals surface area (Å²) in [6, 6.07) is -3.91. The molecule has 480 valence electrons. The Kier molecular flexibility index (Phi) is 20.7. The van der Waals surface area contributed by atoms with E-state index in [2.05, 4.69) is 52.5 Å². The van der Waals surface area contributed by atoms with Crippen molar-refractivity contribution < 1.29 is 87.8 Å². The van der Waals surface area contributed by atoms with Crippen molar-refractivity contribution in [1.29, 1.82) is 0 Å². The standard InChI is InChI=1S/C58H75N13O18/c1-24(32-21-61-35-13-9-7-11-31(32)35)43-52(81)69-46-48(77)25(2)38-14-15-39(71(38)56(46)85)58(88)89-28(5)45(68-51(80)37(23-72)64-41(75)19-33(59)57(86)87)54(83)67-44(27(4)73)53(82)63-26(3)49(78)62-22-42(76)70-17-16-40(74)47(70)55(84)65-36(50(79)66-43)18-29-20-60-34-12-8-6-10-30(29)34/h6-13,20-21,24-28,33,36-40,43-48,60-61,72-74,77H,14-19,22-23,59H2,1-5H3,(H,62,78)(H,63,82)(H,64,75)(H,65,84)(H,66,79)(H,67,83)(H,68,80)(H,69,81)(H,86,87). The lowest BCUT2D eigenvalue weighted by atomic mass is 9.84. The molecule has 0 saturated carbocycles. The molecule has 2 bridgehead atoms. The van der Waals surface area contributed by atoms with Gasteiger partial charge in [0.2, 0.25) is 59.1 Å². The first-order valence-corrected chi connectivity index (χ1v) is 29.2. The molecule has 4 aliphatic rings. The maximum absolute atomic E-state index is 15.2. The second kappa shape index (κ2) is 28.0. The van der Waals surface area contributed by atoms with Crippen molar-refractivity contribution in [3.8, 4) is 0 Å². The number of H-pyrrole nitrogens is 2. The highest BCUT2D eigenvalue weighted by molar-refractivity contribution is 6.00. The number of carboxylic acids is 1. The number of para-hydroxylation sites is 2. The number of piperidine rings is 1. The van der Waals surface area contributed by atoms with Gasteiger partial charge in [-0.05, 0) is 63.3 Å². The average molecular weight is 1240 g/mol. The van der Waals surface area contributed by atoms with E-state index in [4.69, 9.17) is 10.5 Å². The Morgan fingerprint density at radius 3 is 2.08 bits per heavy atom. The molecule has 4 saturated heterocycles. The third kappa shape index (κ3) is 14.4. The molecule has 89 heavy (non-hydrogen) atoms. The second-order valence-corrected chi connectivity index (χ2v) is 23.1. The van der Waals surface area contributed by atoms with Crippen LogP contribution >= 0.6 is 0 Å². The van der Waals surface area contributed by atoms with Crippen LogP contribution in [0.4, 0.5) is 0 Å². The molecule has 0 aliphatic carbocycles. The third-order valence-corrected chi connectivity index (χ3v) is 17.0. The van der Waals surface area contributed by atoms with Crippen LogP contribution in [-0.4, -0.2) is 227 Å². The summed E-state index contributed by atoms with van der Waals surface area (Å²) in [5.41, 5.74) is 7.88. The number of rotatable bonds is 12. The molecule has 4 aromatic rings. The van der Waals surface area contributed by atoms with E-state index in [0.717, 1.165) is 23.6 Å². The van der Waals surface area contributed by atoms with Crippen molar-refractivity contribution in [2.45, 2.75) is 164 Å². The van der Waals surface area contributed by atoms with Gasteiger partial charge in [-0.2, -0.15) is 0 Å². The lowest BCUT2D eigenvalue weighted by Gasteiger charge is -2.44. The number of aliphatic carboxylic acids is 1. The SMILES string of the molecule is CC1NC(=O)C(C(C)O)NC(=O)C(NC(=O)C(CO)NC(=O)CC(N)C(=O)O)C(C)OC(=O)C2CCC3C(C)C(O)C(NC(=O)C(C(C)c4c[nH]c5ccccc45)NC(=O)C(Cc4c[nH]c5ccccc45)NC(=O)C4C(O)CCN4C(=O)CNC1=O)C(=O)N23. The molecule has 0 spiro atoms. The smallest absolute Gasteiger partial charge is 0.329 e. The first kappa shape index (κ1) is 65.9. The number of aromatic nitrogens is 2. The predicted molar refractivity (Wildman–Crippen MR) is 310 cm³/mol. The molecule has 10 amide bonds. The maximum Gasteiger partial charge on any atom is 0.329 e. The normalized spacial score (nSPS) is 29.4. The van der Waals surface area contributed by atoms with Crippen LogP contribution in [-0.2, 0) is 68.7 Å². The molecule has 17 unspecified atom stereocenters. The molecule has 31 heteroatoms. The van der Waals surface area contributed by atoms with Gasteiger partial charge in [-0.25, -0.2) is 4.79 Å². The molecule has 17 N–H and O–H groups in total. The van der Waals surface area contributed by atoms with Gasteiger partial charge in [0.15, 0.2) is 0 Å². The molecular formula is C58H75N13O18. The summed E-state index contributed by atoms with van der Waals surface area (Å²) in [6.45, 7) is 4.45. The fraction of sp³-hybridized carbons (Fsp3) is 0.517. The summed E-state index contributed by atoms with van der Waals surface area (Å²) >= 11 is 0. The first-order valence-electron chi connectivity index (χ1n) is 29.2. The van der Waals surface area contributed by atoms with Gasteiger partial charge < -0.3 is 98.3 Å². The number of hydrogen-bond acceptors (Lipinski definition) is 18. The van der Waals surface area contributed by atoms with Gasteiger partial charge in [-0.3, -0.25) is 52.7 Å². The summed E-state index contributed by atoms with van der Waals surface area (Å²) in [5.74, 6) is -15.3. The fourth-order valence-corrected chi connectivity index (χ4v) is 12.0. The highest BCUT2D eigenvalue weighted by Crippen LogP contribution is 2.38. The van der Waals surface area contributed by atoms with Gasteiger partial charge in [0.05, 0.1) is 37.9 Å². The number of aromatic amines is 2. The minimum atomic E-state index is -2.09. The van der Waals surface area contributed by atoms with Crippen LogP contribution in [0, 0.1) is 5.92 Å². The number of nitrogens with zero attached hydrogens (tertiary/aromatic N) is 2. The van der Waals surface area contributed by atoms with Crippen molar-refractivity contribution in [2.75, 3.05) is 19.7 Å². The number of carboxylic acid groups (broad SMARTS) is 1. The van der Waals surface area contributed by atoms with Crippen LogP contribution in [0.15, 0.2) is 60.9 Å². The van der Waals surface area contributed by atoms with Crippen LogP contribution in [0.1, 0.15) is 77.3 Å². The van der Waals surface area contributed by atoms with E-state index in [0.29, 0.717) is 32.9 Å². The highest BCUT2D eigenvalue weighted by Gasteiger charge is 2.55. The number of amides is 10. The molecule has 4 fully saturated rings. The van der Waals surface area contributed by atoms with Crippen LogP contribution in [0.3, 0.4) is 0 Å². The Bertz CT molecular complexity index is 3390. The second-order valence-electron chi connectivity index (χ2n) is 23.1. The van der Waals surface area contributed by atoms with Gasteiger partial charge >= 0.3 is 11.9 Å². The van der Waals surface area contributed by atoms with E-state index in [1.54, 1.807) is 74.8 Å². The number of benzene rings is 2. The summed E-state index contributed by atoms with van der Waals surface area (Å²) in [6.07, 6.45) is -4.58. The van der Waals surface area contributed by atoms with Crippen molar-refractivity contribution in [3.05, 3.63) is 72.1 Å². The van der Waals surface area contributed by atoms with E-state index in [-0.39, 0.29) is 32.2 Å². The number of carbonyl (C=O) groups is 12. The Labute approximate surface area is 508 Å². The van der Waals surface area contributed by atoms with E-state index in [1.165, 1.54) is 6.92 Å². The molecular weight excluding hydrogens is 1170 g/mol.